The smallest absolute Gasteiger partial charge is 0.320 e. The van der Waals surface area contributed by atoms with Crippen LogP contribution in [0.25, 0.3) is 0 Å². The van der Waals surface area contributed by atoms with Gasteiger partial charge in [0.2, 0.25) is 0 Å². The number of hydrogen-bond donors (Lipinski definition) is 1. The Hall–Kier alpha value is -2.17. The minimum absolute atomic E-state index is 0.322. The summed E-state index contributed by atoms with van der Waals surface area (Å²) in [5.74, 6) is 1.78. The van der Waals surface area contributed by atoms with E-state index in [2.05, 4.69) is 71.3 Å². The lowest BCUT2D eigenvalue weighted by Gasteiger charge is -2.36. The molecule has 2 heterocycles. The first kappa shape index (κ1) is 27.0. The third kappa shape index (κ3) is 6.60. The molecule has 4 aliphatic rings. The van der Waals surface area contributed by atoms with E-state index in [1.54, 1.807) is 0 Å². The number of carbonyl (C=O) groups is 1. The molecule has 2 saturated heterocycles. The van der Waals surface area contributed by atoms with Gasteiger partial charge in [0, 0.05) is 25.6 Å². The highest BCUT2D eigenvalue weighted by molar-refractivity contribution is 5.73. The lowest BCUT2D eigenvalue weighted by molar-refractivity contribution is -0.144. The van der Waals surface area contributed by atoms with E-state index in [-0.39, 0.29) is 6.04 Å². The summed E-state index contributed by atoms with van der Waals surface area (Å²) >= 11 is 0. The number of carboxylic acid groups (broad SMARTS) is 1. The number of carboxylic acids is 1. The molecular weight excluding hydrogens is 480 g/mol. The fraction of sp³-hybridized carbons (Fsp3) is 0.629. The Balaban J connectivity index is 1.07. The van der Waals surface area contributed by atoms with Crippen molar-refractivity contribution in [3.8, 4) is 0 Å². The van der Waals surface area contributed by atoms with Crippen LogP contribution in [-0.4, -0.2) is 59.6 Å². The molecule has 0 radical (unpaired) electrons. The summed E-state index contributed by atoms with van der Waals surface area (Å²) in [4.78, 5) is 17.4. The highest BCUT2D eigenvalue weighted by Crippen LogP contribution is 2.54. The van der Waals surface area contributed by atoms with Crippen molar-refractivity contribution in [2.45, 2.75) is 83.1 Å². The predicted molar refractivity (Wildman–Crippen MR) is 158 cm³/mol. The number of nitrogens with zero attached hydrogens (tertiary/aromatic N) is 2. The SMILES string of the molecule is Cc1cccc(C2CN(C(CC3CCC3)C(=O)O)CC2CN2CCC(CC3(Cc4ccccc4)CC3)CC2)c1. The third-order valence-electron chi connectivity index (χ3n) is 10.7. The first-order valence-corrected chi connectivity index (χ1v) is 15.8. The summed E-state index contributed by atoms with van der Waals surface area (Å²) in [6.45, 7) is 7.49. The van der Waals surface area contributed by atoms with Crippen molar-refractivity contribution in [3.05, 3.63) is 71.3 Å². The Labute approximate surface area is 235 Å². The van der Waals surface area contributed by atoms with E-state index in [1.165, 1.54) is 87.6 Å². The maximum Gasteiger partial charge on any atom is 0.320 e. The van der Waals surface area contributed by atoms with Gasteiger partial charge in [0.05, 0.1) is 0 Å². The molecule has 3 unspecified atom stereocenters. The van der Waals surface area contributed by atoms with Crippen LogP contribution in [0.15, 0.2) is 54.6 Å². The Bertz CT molecular complexity index is 1100. The monoisotopic (exact) mass is 528 g/mol. The van der Waals surface area contributed by atoms with E-state index >= 15 is 0 Å². The molecule has 4 fully saturated rings. The number of piperidine rings is 1. The average Bonchev–Trinajstić information content (AvgIpc) is 3.52. The van der Waals surface area contributed by atoms with Crippen molar-refractivity contribution in [2.75, 3.05) is 32.7 Å². The van der Waals surface area contributed by atoms with Crippen molar-refractivity contribution in [1.82, 2.24) is 9.80 Å². The fourth-order valence-corrected chi connectivity index (χ4v) is 8.05. The van der Waals surface area contributed by atoms with Gasteiger partial charge < -0.3 is 10.0 Å². The van der Waals surface area contributed by atoms with Crippen LogP contribution in [0.4, 0.5) is 0 Å². The summed E-state index contributed by atoms with van der Waals surface area (Å²) < 4.78 is 0. The van der Waals surface area contributed by atoms with E-state index < -0.39 is 5.97 Å². The molecule has 2 aromatic rings. The van der Waals surface area contributed by atoms with Crippen LogP contribution >= 0.6 is 0 Å². The Morgan fingerprint density at radius 1 is 0.974 bits per heavy atom. The van der Waals surface area contributed by atoms with Crippen molar-refractivity contribution < 1.29 is 9.90 Å². The molecule has 4 heteroatoms. The Morgan fingerprint density at radius 3 is 2.38 bits per heavy atom. The average molecular weight is 529 g/mol. The number of aliphatic carboxylic acids is 1. The van der Waals surface area contributed by atoms with Crippen LogP contribution in [-0.2, 0) is 11.2 Å². The van der Waals surface area contributed by atoms with Crippen LogP contribution in [0.2, 0.25) is 0 Å². The summed E-state index contributed by atoms with van der Waals surface area (Å²) in [6.07, 6.45) is 12.6. The highest BCUT2D eigenvalue weighted by Gasteiger charge is 2.45. The zero-order chi connectivity index (χ0) is 26.8. The van der Waals surface area contributed by atoms with Crippen LogP contribution in [0, 0.1) is 30.1 Å². The standard InChI is InChI=1S/C35H48N2O2/c1-26-7-5-12-30(19-26)32-25-37(33(34(38)39)20-27-10-6-11-27)24-31(32)23-36-17-13-29(14-18-36)22-35(15-16-35)21-28-8-3-2-4-9-28/h2-5,7-9,12,19,27,29,31-33H,6,10-11,13-18,20-25H2,1H3,(H,38,39). The van der Waals surface area contributed by atoms with E-state index in [0.717, 1.165) is 32.0 Å². The Kier molecular flexibility index (Phi) is 8.14. The lowest BCUT2D eigenvalue weighted by Crippen LogP contribution is -2.43. The molecule has 0 amide bonds. The van der Waals surface area contributed by atoms with Gasteiger partial charge in [-0.2, -0.15) is 0 Å². The molecule has 2 aliphatic heterocycles. The largest absolute Gasteiger partial charge is 0.480 e. The van der Waals surface area contributed by atoms with Gasteiger partial charge in [-0.1, -0.05) is 79.4 Å². The maximum absolute atomic E-state index is 12.4. The van der Waals surface area contributed by atoms with Gasteiger partial charge in [-0.05, 0) is 99.3 Å². The first-order chi connectivity index (χ1) is 19.0. The van der Waals surface area contributed by atoms with Crippen LogP contribution < -0.4 is 0 Å². The van der Waals surface area contributed by atoms with Crippen molar-refractivity contribution in [2.24, 2.45) is 23.2 Å². The molecule has 0 spiro atoms. The second-order valence-electron chi connectivity index (χ2n) is 13.7. The van der Waals surface area contributed by atoms with Crippen LogP contribution in [0.1, 0.15) is 80.4 Å². The lowest BCUT2D eigenvalue weighted by atomic mass is 9.80. The minimum atomic E-state index is -0.615. The molecule has 2 saturated carbocycles. The number of rotatable bonds is 11. The second-order valence-corrected chi connectivity index (χ2v) is 13.7. The van der Waals surface area contributed by atoms with Gasteiger partial charge in [0.15, 0.2) is 0 Å². The molecule has 39 heavy (non-hydrogen) atoms. The van der Waals surface area contributed by atoms with Gasteiger partial charge in [0.1, 0.15) is 6.04 Å². The maximum atomic E-state index is 12.4. The summed E-state index contributed by atoms with van der Waals surface area (Å²) in [5.41, 5.74) is 4.79. The topological polar surface area (TPSA) is 43.8 Å². The van der Waals surface area contributed by atoms with Gasteiger partial charge >= 0.3 is 5.97 Å². The minimum Gasteiger partial charge on any atom is -0.480 e. The molecule has 3 atom stereocenters. The molecule has 2 aromatic carbocycles. The van der Waals surface area contributed by atoms with E-state index in [9.17, 15) is 9.90 Å². The predicted octanol–water partition coefficient (Wildman–Crippen LogP) is 6.78. The molecule has 4 nitrogen and oxygen atoms in total. The number of aryl methyl sites for hydroxylation is 1. The van der Waals surface area contributed by atoms with Crippen molar-refractivity contribution >= 4 is 5.97 Å². The quantitative estimate of drug-likeness (QED) is 0.349. The molecule has 1 N–H and O–H groups in total. The normalized spacial score (nSPS) is 26.8. The zero-order valence-electron chi connectivity index (χ0n) is 23.9. The Morgan fingerprint density at radius 2 is 1.74 bits per heavy atom. The van der Waals surface area contributed by atoms with E-state index in [0.29, 0.717) is 23.2 Å². The molecule has 210 valence electrons. The molecular formula is C35H48N2O2. The third-order valence-corrected chi connectivity index (χ3v) is 10.7. The fourth-order valence-electron chi connectivity index (χ4n) is 8.05. The summed E-state index contributed by atoms with van der Waals surface area (Å²) in [5, 5.41) is 10.2. The van der Waals surface area contributed by atoms with Gasteiger partial charge in [0.25, 0.3) is 0 Å². The number of likely N-dealkylation sites (tertiary alicyclic amines) is 2. The second kappa shape index (κ2) is 11.7. The van der Waals surface area contributed by atoms with Crippen molar-refractivity contribution in [3.63, 3.8) is 0 Å². The highest BCUT2D eigenvalue weighted by atomic mass is 16.4. The van der Waals surface area contributed by atoms with Crippen LogP contribution in [0.5, 0.6) is 0 Å². The van der Waals surface area contributed by atoms with E-state index in [1.807, 2.05) is 0 Å². The van der Waals surface area contributed by atoms with Gasteiger partial charge in [-0.25, -0.2) is 0 Å². The van der Waals surface area contributed by atoms with Gasteiger partial charge in [-0.3, -0.25) is 9.69 Å². The van der Waals surface area contributed by atoms with Crippen molar-refractivity contribution in [1.29, 1.82) is 0 Å². The summed E-state index contributed by atoms with van der Waals surface area (Å²) in [6, 6.07) is 19.8. The first-order valence-electron chi connectivity index (χ1n) is 15.8. The molecule has 2 aliphatic carbocycles. The summed E-state index contributed by atoms with van der Waals surface area (Å²) in [7, 11) is 0. The molecule has 0 bridgehead atoms. The zero-order valence-corrected chi connectivity index (χ0v) is 23.9. The number of hydrogen-bond acceptors (Lipinski definition) is 3. The van der Waals surface area contributed by atoms with Gasteiger partial charge in [-0.15, -0.1) is 0 Å². The van der Waals surface area contributed by atoms with E-state index in [4.69, 9.17) is 0 Å². The molecule has 6 rings (SSSR count). The van der Waals surface area contributed by atoms with Crippen LogP contribution in [0.3, 0.4) is 0 Å². The number of benzene rings is 2. The molecule has 0 aromatic heterocycles.